The average molecular weight is 175 g/mol. The third kappa shape index (κ3) is 1.96. The minimum atomic E-state index is -4.20. The molecule has 66 valence electrons. The summed E-state index contributed by atoms with van der Waals surface area (Å²) in [6.45, 7) is 1.10. The first kappa shape index (κ1) is 9.03. The zero-order chi connectivity index (χ0) is 9.19. The normalized spacial score (nSPS) is 14.3. The van der Waals surface area contributed by atoms with E-state index in [4.69, 9.17) is 0 Å². The fourth-order valence-corrected chi connectivity index (χ4v) is 0.800. The van der Waals surface area contributed by atoms with E-state index in [9.17, 15) is 13.2 Å². The molecule has 0 spiro atoms. The maximum Gasteiger partial charge on any atom is 0.396 e. The van der Waals surface area contributed by atoms with Crippen molar-refractivity contribution in [3.63, 3.8) is 0 Å². The minimum absolute atomic E-state index is 0.0602. The van der Waals surface area contributed by atoms with Gasteiger partial charge in [-0.15, -0.1) is 0 Å². The number of hydrogen-bond donors (Lipinski definition) is 0. The lowest BCUT2D eigenvalue weighted by Crippen LogP contribution is -2.18. The monoisotopic (exact) mass is 175 g/mol. The molecule has 0 aliphatic heterocycles. The Morgan fingerprint density at radius 2 is 2.00 bits per heavy atom. The van der Waals surface area contributed by atoms with Crippen molar-refractivity contribution in [1.29, 1.82) is 0 Å². The molecule has 1 atom stereocenters. The summed E-state index contributed by atoms with van der Waals surface area (Å²) in [6, 6.07) is 4.51. The summed E-state index contributed by atoms with van der Waals surface area (Å²) in [6.07, 6.45) is -2.84. The standard InChI is InChI=1S/C8H8F3N/c1-6(8(9,10)11)7-4-2-3-5-12-7/h2-6H,1H3/t6-/m0/s1. The van der Waals surface area contributed by atoms with Gasteiger partial charge in [-0.05, 0) is 19.1 Å². The van der Waals surface area contributed by atoms with Gasteiger partial charge in [-0.1, -0.05) is 6.07 Å². The summed E-state index contributed by atoms with van der Waals surface area (Å²) in [4.78, 5) is 3.63. The Labute approximate surface area is 68.2 Å². The first-order chi connectivity index (χ1) is 5.52. The quantitative estimate of drug-likeness (QED) is 0.639. The first-order valence-corrected chi connectivity index (χ1v) is 3.49. The van der Waals surface area contributed by atoms with Crippen molar-refractivity contribution >= 4 is 0 Å². The smallest absolute Gasteiger partial charge is 0.261 e. The highest BCUT2D eigenvalue weighted by Crippen LogP contribution is 2.32. The van der Waals surface area contributed by atoms with Gasteiger partial charge >= 0.3 is 6.18 Å². The Kier molecular flexibility index (Phi) is 2.35. The molecule has 0 unspecified atom stereocenters. The number of alkyl halides is 3. The summed E-state index contributed by atoms with van der Waals surface area (Å²) in [5.74, 6) is -1.49. The molecular weight excluding hydrogens is 167 g/mol. The highest BCUT2D eigenvalue weighted by molar-refractivity contribution is 5.10. The first-order valence-electron chi connectivity index (χ1n) is 3.49. The Morgan fingerprint density at radius 1 is 1.33 bits per heavy atom. The van der Waals surface area contributed by atoms with Crippen LogP contribution in [0.15, 0.2) is 24.4 Å². The molecule has 0 bridgehead atoms. The predicted octanol–water partition coefficient (Wildman–Crippen LogP) is 2.75. The van der Waals surface area contributed by atoms with Crippen LogP contribution in [-0.4, -0.2) is 11.2 Å². The van der Waals surface area contributed by atoms with E-state index in [1.807, 2.05) is 0 Å². The second kappa shape index (κ2) is 3.13. The molecule has 0 saturated heterocycles. The molecule has 1 heterocycles. The number of rotatable bonds is 1. The average Bonchev–Trinajstić information content (AvgIpc) is 2.03. The van der Waals surface area contributed by atoms with Crippen LogP contribution in [0.4, 0.5) is 13.2 Å². The van der Waals surface area contributed by atoms with Gasteiger partial charge in [0.1, 0.15) is 0 Å². The van der Waals surface area contributed by atoms with E-state index in [-0.39, 0.29) is 5.69 Å². The van der Waals surface area contributed by atoms with E-state index in [0.29, 0.717) is 0 Å². The second-order valence-corrected chi connectivity index (χ2v) is 2.52. The molecule has 0 radical (unpaired) electrons. The number of halogens is 3. The largest absolute Gasteiger partial charge is 0.396 e. The van der Waals surface area contributed by atoms with Crippen LogP contribution in [0.25, 0.3) is 0 Å². The zero-order valence-corrected chi connectivity index (χ0v) is 6.47. The SMILES string of the molecule is C[C@@H](c1ccccn1)C(F)(F)F. The van der Waals surface area contributed by atoms with Crippen LogP contribution in [0.1, 0.15) is 18.5 Å². The van der Waals surface area contributed by atoms with Crippen molar-refractivity contribution in [2.75, 3.05) is 0 Å². The van der Waals surface area contributed by atoms with Gasteiger partial charge in [0.2, 0.25) is 0 Å². The van der Waals surface area contributed by atoms with Crippen LogP contribution in [0.2, 0.25) is 0 Å². The van der Waals surface area contributed by atoms with Gasteiger partial charge < -0.3 is 0 Å². The third-order valence-corrected chi connectivity index (χ3v) is 1.62. The van der Waals surface area contributed by atoms with Crippen LogP contribution >= 0.6 is 0 Å². The maximum absolute atomic E-state index is 12.1. The molecule has 1 aromatic rings. The van der Waals surface area contributed by atoms with E-state index in [0.717, 1.165) is 6.92 Å². The van der Waals surface area contributed by atoms with Gasteiger partial charge in [0.25, 0.3) is 0 Å². The Bertz CT molecular complexity index is 242. The maximum atomic E-state index is 12.1. The summed E-state index contributed by atoms with van der Waals surface area (Å²) in [5.41, 5.74) is 0.0602. The minimum Gasteiger partial charge on any atom is -0.261 e. The van der Waals surface area contributed by atoms with Crippen LogP contribution in [0, 0.1) is 0 Å². The molecule has 0 amide bonds. The molecule has 0 N–H and O–H groups in total. The Balaban J connectivity index is 2.86. The van der Waals surface area contributed by atoms with Crippen LogP contribution < -0.4 is 0 Å². The number of nitrogens with zero attached hydrogens (tertiary/aromatic N) is 1. The second-order valence-electron chi connectivity index (χ2n) is 2.52. The molecule has 0 saturated carbocycles. The molecule has 0 fully saturated rings. The van der Waals surface area contributed by atoms with Crippen molar-refractivity contribution in [3.05, 3.63) is 30.1 Å². The lowest BCUT2D eigenvalue weighted by atomic mass is 10.1. The fourth-order valence-electron chi connectivity index (χ4n) is 0.800. The molecule has 4 heteroatoms. The van der Waals surface area contributed by atoms with Gasteiger partial charge in [0, 0.05) is 6.20 Å². The number of hydrogen-bond acceptors (Lipinski definition) is 1. The summed E-state index contributed by atoms with van der Waals surface area (Å²) in [5, 5.41) is 0. The van der Waals surface area contributed by atoms with Crippen LogP contribution in [0.5, 0.6) is 0 Å². The molecule has 1 rings (SSSR count). The van der Waals surface area contributed by atoms with Crippen LogP contribution in [-0.2, 0) is 0 Å². The van der Waals surface area contributed by atoms with Gasteiger partial charge in [-0.2, -0.15) is 13.2 Å². The van der Waals surface area contributed by atoms with Crippen LogP contribution in [0.3, 0.4) is 0 Å². The highest BCUT2D eigenvalue weighted by atomic mass is 19.4. The van der Waals surface area contributed by atoms with Crippen molar-refractivity contribution < 1.29 is 13.2 Å². The van der Waals surface area contributed by atoms with E-state index in [1.54, 1.807) is 12.1 Å². The summed E-state index contributed by atoms with van der Waals surface area (Å²) < 4.78 is 36.3. The molecule has 0 aromatic carbocycles. The molecule has 12 heavy (non-hydrogen) atoms. The molecular formula is C8H8F3N. The fraction of sp³-hybridized carbons (Fsp3) is 0.375. The molecule has 0 aliphatic carbocycles. The van der Waals surface area contributed by atoms with E-state index >= 15 is 0 Å². The lowest BCUT2D eigenvalue weighted by molar-refractivity contribution is -0.147. The Morgan fingerprint density at radius 3 is 2.42 bits per heavy atom. The molecule has 0 aliphatic rings. The van der Waals surface area contributed by atoms with Crippen molar-refractivity contribution in [3.8, 4) is 0 Å². The highest BCUT2D eigenvalue weighted by Gasteiger charge is 2.37. The summed E-state index contributed by atoms with van der Waals surface area (Å²) >= 11 is 0. The van der Waals surface area contributed by atoms with E-state index in [2.05, 4.69) is 4.98 Å². The van der Waals surface area contributed by atoms with Gasteiger partial charge in [0.15, 0.2) is 0 Å². The lowest BCUT2D eigenvalue weighted by Gasteiger charge is -2.14. The molecule has 1 nitrogen and oxygen atoms in total. The third-order valence-electron chi connectivity index (χ3n) is 1.62. The predicted molar refractivity (Wildman–Crippen MR) is 38.7 cm³/mol. The Hall–Kier alpha value is -1.06. The van der Waals surface area contributed by atoms with Crippen molar-refractivity contribution in [2.24, 2.45) is 0 Å². The molecule has 1 aromatic heterocycles. The number of pyridine rings is 1. The zero-order valence-electron chi connectivity index (χ0n) is 6.47. The number of aromatic nitrogens is 1. The van der Waals surface area contributed by atoms with Gasteiger partial charge in [0.05, 0.1) is 11.6 Å². The van der Waals surface area contributed by atoms with Crippen molar-refractivity contribution in [1.82, 2.24) is 4.98 Å². The van der Waals surface area contributed by atoms with Gasteiger partial charge in [-0.25, -0.2) is 0 Å². The van der Waals surface area contributed by atoms with Crippen molar-refractivity contribution in [2.45, 2.75) is 19.0 Å². The van der Waals surface area contributed by atoms with E-state index in [1.165, 1.54) is 12.3 Å². The van der Waals surface area contributed by atoms with Gasteiger partial charge in [-0.3, -0.25) is 4.98 Å². The summed E-state index contributed by atoms with van der Waals surface area (Å²) in [7, 11) is 0. The van der Waals surface area contributed by atoms with E-state index < -0.39 is 12.1 Å². The topological polar surface area (TPSA) is 12.9 Å².